The zero-order chi connectivity index (χ0) is 14.4. The fourth-order valence-corrected chi connectivity index (χ4v) is 2.09. The first-order chi connectivity index (χ1) is 9.66. The maximum Gasteiger partial charge on any atom is -0.0184 e. The van der Waals surface area contributed by atoms with Gasteiger partial charge in [-0.05, 0) is 29.5 Å². The summed E-state index contributed by atoms with van der Waals surface area (Å²) in [5.41, 5.74) is 5.38. The molecule has 102 valence electrons. The Morgan fingerprint density at radius 3 is 1.60 bits per heavy atom. The van der Waals surface area contributed by atoms with Gasteiger partial charge in [0.1, 0.15) is 0 Å². The SMILES string of the molecule is Cc1ccc(C(C)C)cc1.c1ccc2cccc-2cc1. The van der Waals surface area contributed by atoms with Crippen LogP contribution in [0, 0.1) is 6.92 Å². The van der Waals surface area contributed by atoms with Crippen LogP contribution in [0.25, 0.3) is 11.1 Å². The number of hydrogen-bond donors (Lipinski definition) is 0. The average molecular weight is 262 g/mol. The second kappa shape index (κ2) is 6.91. The molecule has 1 aromatic carbocycles. The summed E-state index contributed by atoms with van der Waals surface area (Å²) < 4.78 is 0. The number of benzene rings is 1. The van der Waals surface area contributed by atoms with E-state index in [0.717, 1.165) is 0 Å². The molecular weight excluding hydrogens is 240 g/mol. The lowest BCUT2D eigenvalue weighted by atomic mass is 10.0. The van der Waals surface area contributed by atoms with Crippen molar-refractivity contribution in [2.24, 2.45) is 0 Å². The molecule has 0 nitrogen and oxygen atoms in total. The first kappa shape index (κ1) is 14.3. The van der Waals surface area contributed by atoms with E-state index in [1.807, 2.05) is 6.07 Å². The van der Waals surface area contributed by atoms with Gasteiger partial charge in [-0.25, -0.2) is 0 Å². The van der Waals surface area contributed by atoms with Gasteiger partial charge in [-0.15, -0.1) is 0 Å². The van der Waals surface area contributed by atoms with Crippen molar-refractivity contribution in [3.05, 3.63) is 83.9 Å². The van der Waals surface area contributed by atoms with Gasteiger partial charge < -0.3 is 0 Å². The summed E-state index contributed by atoms with van der Waals surface area (Å²) in [5.74, 6) is 0.653. The van der Waals surface area contributed by atoms with Crippen LogP contribution in [0.1, 0.15) is 30.9 Å². The highest BCUT2D eigenvalue weighted by molar-refractivity contribution is 5.65. The quantitative estimate of drug-likeness (QED) is 0.511. The van der Waals surface area contributed by atoms with E-state index in [1.165, 1.54) is 22.3 Å². The van der Waals surface area contributed by atoms with Gasteiger partial charge in [0.15, 0.2) is 0 Å². The Morgan fingerprint density at radius 2 is 1.10 bits per heavy atom. The van der Waals surface area contributed by atoms with Crippen molar-refractivity contribution in [2.75, 3.05) is 0 Å². The molecule has 0 heterocycles. The maximum absolute atomic E-state index is 2.21. The van der Waals surface area contributed by atoms with Gasteiger partial charge in [-0.3, -0.25) is 0 Å². The molecule has 0 saturated carbocycles. The summed E-state index contributed by atoms with van der Waals surface area (Å²) in [4.78, 5) is 0. The zero-order valence-corrected chi connectivity index (χ0v) is 12.5. The second-order valence-electron chi connectivity index (χ2n) is 5.41. The van der Waals surface area contributed by atoms with Gasteiger partial charge >= 0.3 is 0 Å². The Bertz CT molecular complexity index is 577. The molecular formula is C20H22. The van der Waals surface area contributed by atoms with E-state index >= 15 is 0 Å². The van der Waals surface area contributed by atoms with Crippen molar-refractivity contribution in [1.29, 1.82) is 0 Å². The lowest BCUT2D eigenvalue weighted by Crippen LogP contribution is -1.85. The van der Waals surface area contributed by atoms with Crippen LogP contribution in [0.4, 0.5) is 0 Å². The van der Waals surface area contributed by atoms with Gasteiger partial charge in [0.2, 0.25) is 0 Å². The van der Waals surface area contributed by atoms with Crippen LogP contribution in [-0.2, 0) is 0 Å². The maximum atomic E-state index is 2.21. The van der Waals surface area contributed by atoms with E-state index in [9.17, 15) is 0 Å². The van der Waals surface area contributed by atoms with E-state index in [2.05, 4.69) is 87.5 Å². The Hall–Kier alpha value is -2.08. The van der Waals surface area contributed by atoms with E-state index in [4.69, 9.17) is 0 Å². The highest BCUT2D eigenvalue weighted by Gasteiger charge is 1.95. The van der Waals surface area contributed by atoms with Crippen LogP contribution in [-0.4, -0.2) is 0 Å². The standard InChI is InChI=1S/C10H8.C10H14/c1-2-5-9-7-4-8-10(9)6-3-1;1-8(2)10-6-4-9(3)5-7-10/h1-8H;4-8H,1-3H3. The van der Waals surface area contributed by atoms with Crippen LogP contribution in [0.5, 0.6) is 0 Å². The minimum Gasteiger partial charge on any atom is -0.0622 e. The van der Waals surface area contributed by atoms with E-state index in [0.29, 0.717) is 5.92 Å². The van der Waals surface area contributed by atoms with Crippen LogP contribution in [0.3, 0.4) is 0 Å². The van der Waals surface area contributed by atoms with Crippen molar-refractivity contribution in [2.45, 2.75) is 26.7 Å². The molecule has 0 radical (unpaired) electrons. The molecule has 0 bridgehead atoms. The molecule has 2 aliphatic rings. The van der Waals surface area contributed by atoms with Gasteiger partial charge in [0.05, 0.1) is 0 Å². The molecule has 20 heavy (non-hydrogen) atoms. The summed E-state index contributed by atoms with van der Waals surface area (Å²) in [6.07, 6.45) is 0. The van der Waals surface area contributed by atoms with Crippen LogP contribution in [0.15, 0.2) is 72.8 Å². The average Bonchev–Trinajstić information content (AvgIpc) is 2.77. The predicted octanol–water partition coefficient (Wildman–Crippen LogP) is 5.91. The molecule has 0 heteroatoms. The first-order valence-corrected chi connectivity index (χ1v) is 7.17. The van der Waals surface area contributed by atoms with Crippen molar-refractivity contribution >= 4 is 0 Å². The van der Waals surface area contributed by atoms with E-state index < -0.39 is 0 Å². The third-order valence-electron chi connectivity index (χ3n) is 3.40. The van der Waals surface area contributed by atoms with Gasteiger partial charge in [-0.2, -0.15) is 0 Å². The van der Waals surface area contributed by atoms with Crippen molar-refractivity contribution in [3.8, 4) is 11.1 Å². The summed E-state index contributed by atoms with van der Waals surface area (Å²) >= 11 is 0. The summed E-state index contributed by atoms with van der Waals surface area (Å²) in [5, 5.41) is 0. The highest BCUT2D eigenvalue weighted by Crippen LogP contribution is 2.19. The third-order valence-corrected chi connectivity index (χ3v) is 3.40. The Kier molecular flexibility index (Phi) is 4.95. The molecule has 0 amide bonds. The molecule has 0 atom stereocenters. The number of fused-ring (bicyclic) bond motifs is 1. The Morgan fingerprint density at radius 1 is 0.600 bits per heavy atom. The fourth-order valence-electron chi connectivity index (χ4n) is 2.09. The molecule has 0 aromatic heterocycles. The summed E-state index contributed by atoms with van der Waals surface area (Å²) in [6, 6.07) is 25.4. The van der Waals surface area contributed by atoms with Gasteiger partial charge in [0, 0.05) is 0 Å². The van der Waals surface area contributed by atoms with Crippen LogP contribution < -0.4 is 0 Å². The van der Waals surface area contributed by atoms with Crippen molar-refractivity contribution in [3.63, 3.8) is 0 Å². The zero-order valence-electron chi connectivity index (χ0n) is 12.5. The fraction of sp³-hybridized carbons (Fsp3) is 0.200. The van der Waals surface area contributed by atoms with E-state index in [1.54, 1.807) is 0 Å². The lowest BCUT2D eigenvalue weighted by Gasteiger charge is -2.03. The summed E-state index contributed by atoms with van der Waals surface area (Å²) in [7, 11) is 0. The molecule has 0 spiro atoms. The topological polar surface area (TPSA) is 0 Å². The Labute approximate surface area is 122 Å². The summed E-state index contributed by atoms with van der Waals surface area (Å²) in [6.45, 7) is 6.54. The monoisotopic (exact) mass is 262 g/mol. The van der Waals surface area contributed by atoms with Gasteiger partial charge in [-0.1, -0.05) is 92.2 Å². The minimum absolute atomic E-state index is 0.653. The molecule has 3 rings (SSSR count). The predicted molar refractivity (Wildman–Crippen MR) is 88.3 cm³/mol. The van der Waals surface area contributed by atoms with Crippen molar-refractivity contribution < 1.29 is 0 Å². The third kappa shape index (κ3) is 3.96. The molecule has 0 unspecified atom stereocenters. The largest absolute Gasteiger partial charge is 0.0622 e. The van der Waals surface area contributed by atoms with Gasteiger partial charge in [0.25, 0.3) is 0 Å². The second-order valence-corrected chi connectivity index (χ2v) is 5.41. The van der Waals surface area contributed by atoms with Crippen LogP contribution >= 0.6 is 0 Å². The Balaban J connectivity index is 0.000000147. The normalized spacial score (nSPS) is 10.2. The molecule has 0 aliphatic heterocycles. The molecule has 0 saturated heterocycles. The highest BCUT2D eigenvalue weighted by atomic mass is 14.0. The lowest BCUT2D eigenvalue weighted by molar-refractivity contribution is 0.866. The smallest absolute Gasteiger partial charge is 0.0184 e. The van der Waals surface area contributed by atoms with Crippen LogP contribution in [0.2, 0.25) is 0 Å². The van der Waals surface area contributed by atoms with E-state index in [-0.39, 0.29) is 0 Å². The van der Waals surface area contributed by atoms with Crippen molar-refractivity contribution in [1.82, 2.24) is 0 Å². The molecule has 0 fully saturated rings. The first-order valence-electron chi connectivity index (χ1n) is 7.17. The molecule has 2 aliphatic carbocycles. The number of hydrogen-bond acceptors (Lipinski definition) is 0. The minimum atomic E-state index is 0.653. The number of rotatable bonds is 1. The number of aryl methyl sites for hydroxylation is 1. The molecule has 0 N–H and O–H groups in total. The molecule has 1 aromatic rings.